The first kappa shape index (κ1) is 16.0. The smallest absolute Gasteiger partial charge is 0.311 e. The Hall–Kier alpha value is -1.39. The Kier molecular flexibility index (Phi) is 5.76. The van der Waals surface area contributed by atoms with Crippen LogP contribution in [0.4, 0.5) is 0 Å². The Bertz CT molecular complexity index is 449. The van der Waals surface area contributed by atoms with Crippen LogP contribution >= 0.6 is 0 Å². The van der Waals surface area contributed by atoms with Gasteiger partial charge in [0.15, 0.2) is 0 Å². The second-order valence-corrected chi connectivity index (χ2v) is 5.94. The normalized spacial score (nSPS) is 23.1. The fraction of sp³-hybridized carbons (Fsp3) is 0.588. The van der Waals surface area contributed by atoms with E-state index >= 15 is 0 Å². The molecule has 1 aromatic carbocycles. The van der Waals surface area contributed by atoms with Crippen LogP contribution in [0.15, 0.2) is 30.3 Å². The summed E-state index contributed by atoms with van der Waals surface area (Å²) in [7, 11) is 1.63. The highest BCUT2D eigenvalue weighted by Gasteiger charge is 2.41. The molecule has 1 fully saturated rings. The highest BCUT2D eigenvalue weighted by atomic mass is 16.5. The minimum Gasteiger partial charge on any atom is -0.481 e. The number of carbonyl (C=O) groups is 1. The first-order valence-corrected chi connectivity index (χ1v) is 7.65. The van der Waals surface area contributed by atoms with Crippen molar-refractivity contribution in [2.75, 3.05) is 33.4 Å². The van der Waals surface area contributed by atoms with Crippen LogP contribution in [0, 0.1) is 5.41 Å². The van der Waals surface area contributed by atoms with E-state index in [0.29, 0.717) is 19.6 Å². The molecule has 1 aromatic rings. The summed E-state index contributed by atoms with van der Waals surface area (Å²) in [6.07, 6.45) is 3.28. The Morgan fingerprint density at radius 3 is 2.81 bits per heavy atom. The number of hydrogen-bond acceptors (Lipinski definition) is 3. The fourth-order valence-corrected chi connectivity index (χ4v) is 3.13. The molecule has 1 saturated heterocycles. The average molecular weight is 291 g/mol. The summed E-state index contributed by atoms with van der Waals surface area (Å²) in [6, 6.07) is 10.4. The molecule has 0 bridgehead atoms. The molecule has 0 amide bonds. The van der Waals surface area contributed by atoms with Gasteiger partial charge in [0, 0.05) is 26.8 Å². The topological polar surface area (TPSA) is 49.8 Å². The summed E-state index contributed by atoms with van der Waals surface area (Å²) in [4.78, 5) is 14.0. The van der Waals surface area contributed by atoms with Crippen LogP contribution in [0.25, 0.3) is 0 Å². The Morgan fingerprint density at radius 1 is 1.38 bits per heavy atom. The van der Waals surface area contributed by atoms with Gasteiger partial charge >= 0.3 is 5.97 Å². The maximum atomic E-state index is 11.7. The van der Waals surface area contributed by atoms with Crippen LogP contribution in [-0.4, -0.2) is 49.3 Å². The molecule has 21 heavy (non-hydrogen) atoms. The van der Waals surface area contributed by atoms with E-state index in [4.69, 9.17) is 4.74 Å². The van der Waals surface area contributed by atoms with Gasteiger partial charge in [-0.1, -0.05) is 30.3 Å². The van der Waals surface area contributed by atoms with Crippen LogP contribution < -0.4 is 0 Å². The van der Waals surface area contributed by atoms with Gasteiger partial charge in [0.25, 0.3) is 0 Å². The highest BCUT2D eigenvalue weighted by Crippen LogP contribution is 2.34. The van der Waals surface area contributed by atoms with Crippen molar-refractivity contribution in [1.82, 2.24) is 4.90 Å². The standard InChI is InChI=1S/C17H25NO3/c1-21-13-10-17(16(19)20)9-5-11-18(14-17)12-8-15-6-3-2-4-7-15/h2-4,6-7H,5,8-14H2,1H3,(H,19,20)/t17-/m0/s1. The van der Waals surface area contributed by atoms with Crippen molar-refractivity contribution in [3.05, 3.63) is 35.9 Å². The third-order valence-corrected chi connectivity index (χ3v) is 4.45. The van der Waals surface area contributed by atoms with Gasteiger partial charge in [-0.05, 0) is 37.8 Å². The van der Waals surface area contributed by atoms with Crippen molar-refractivity contribution in [2.24, 2.45) is 5.41 Å². The van der Waals surface area contributed by atoms with E-state index < -0.39 is 11.4 Å². The van der Waals surface area contributed by atoms with Crippen molar-refractivity contribution in [3.63, 3.8) is 0 Å². The number of rotatable bonds is 7. The van der Waals surface area contributed by atoms with Gasteiger partial charge in [0.2, 0.25) is 0 Å². The number of carboxylic acid groups (broad SMARTS) is 1. The minimum atomic E-state index is -0.677. The van der Waals surface area contributed by atoms with Crippen LogP contribution in [0.1, 0.15) is 24.8 Å². The molecular formula is C17H25NO3. The van der Waals surface area contributed by atoms with Crippen LogP contribution in [0.3, 0.4) is 0 Å². The third kappa shape index (κ3) is 4.29. The predicted molar refractivity (Wildman–Crippen MR) is 82.4 cm³/mol. The van der Waals surface area contributed by atoms with Crippen molar-refractivity contribution in [2.45, 2.75) is 25.7 Å². The third-order valence-electron chi connectivity index (χ3n) is 4.45. The number of aliphatic carboxylic acids is 1. The zero-order chi connectivity index (χ0) is 15.1. The Balaban J connectivity index is 1.93. The highest BCUT2D eigenvalue weighted by molar-refractivity contribution is 5.75. The lowest BCUT2D eigenvalue weighted by molar-refractivity contribution is -0.154. The van der Waals surface area contributed by atoms with E-state index in [9.17, 15) is 9.90 Å². The molecule has 1 aliphatic heterocycles. The van der Waals surface area contributed by atoms with Crippen molar-refractivity contribution in [1.29, 1.82) is 0 Å². The molecule has 1 aliphatic rings. The Labute approximate surface area is 126 Å². The number of carboxylic acids is 1. The second-order valence-electron chi connectivity index (χ2n) is 5.94. The lowest BCUT2D eigenvalue weighted by Gasteiger charge is -2.40. The minimum absolute atomic E-state index is 0.513. The largest absolute Gasteiger partial charge is 0.481 e. The van der Waals surface area contributed by atoms with Crippen molar-refractivity contribution >= 4 is 5.97 Å². The zero-order valence-electron chi connectivity index (χ0n) is 12.8. The van der Waals surface area contributed by atoms with Crippen LogP contribution in [0.5, 0.6) is 0 Å². The molecule has 1 atom stereocenters. The molecule has 0 unspecified atom stereocenters. The molecule has 2 rings (SSSR count). The van der Waals surface area contributed by atoms with E-state index in [1.54, 1.807) is 7.11 Å². The summed E-state index contributed by atoms with van der Waals surface area (Å²) < 4.78 is 5.10. The maximum absolute atomic E-state index is 11.7. The van der Waals surface area contributed by atoms with E-state index in [2.05, 4.69) is 17.0 Å². The average Bonchev–Trinajstić information content (AvgIpc) is 2.52. The van der Waals surface area contributed by atoms with Crippen LogP contribution in [0.2, 0.25) is 0 Å². The molecular weight excluding hydrogens is 266 g/mol. The quantitative estimate of drug-likeness (QED) is 0.838. The molecule has 116 valence electrons. The molecule has 1 N–H and O–H groups in total. The molecule has 4 heteroatoms. The van der Waals surface area contributed by atoms with Gasteiger partial charge in [0.1, 0.15) is 0 Å². The maximum Gasteiger partial charge on any atom is 0.311 e. The van der Waals surface area contributed by atoms with Gasteiger partial charge in [-0.25, -0.2) is 0 Å². The van der Waals surface area contributed by atoms with Gasteiger partial charge in [0.05, 0.1) is 5.41 Å². The van der Waals surface area contributed by atoms with E-state index in [-0.39, 0.29) is 0 Å². The van der Waals surface area contributed by atoms with E-state index in [0.717, 1.165) is 32.4 Å². The lowest BCUT2D eigenvalue weighted by Crippen LogP contribution is -2.48. The second kappa shape index (κ2) is 7.57. The predicted octanol–water partition coefficient (Wildman–Crippen LogP) is 2.43. The van der Waals surface area contributed by atoms with E-state index in [1.807, 2.05) is 18.2 Å². The van der Waals surface area contributed by atoms with Crippen molar-refractivity contribution < 1.29 is 14.6 Å². The van der Waals surface area contributed by atoms with Gasteiger partial charge in [-0.2, -0.15) is 0 Å². The molecule has 0 aromatic heterocycles. The van der Waals surface area contributed by atoms with E-state index in [1.165, 1.54) is 5.56 Å². The lowest BCUT2D eigenvalue weighted by atomic mass is 9.77. The number of methoxy groups -OCH3 is 1. The summed E-state index contributed by atoms with van der Waals surface area (Å²) >= 11 is 0. The number of ether oxygens (including phenoxy) is 1. The van der Waals surface area contributed by atoms with Crippen molar-refractivity contribution in [3.8, 4) is 0 Å². The Morgan fingerprint density at radius 2 is 2.14 bits per heavy atom. The first-order chi connectivity index (χ1) is 10.2. The number of benzene rings is 1. The molecule has 0 radical (unpaired) electrons. The first-order valence-electron chi connectivity index (χ1n) is 7.65. The summed E-state index contributed by atoms with van der Waals surface area (Å²) in [6.45, 7) is 3.07. The SMILES string of the molecule is COCC[C@@]1(C(=O)O)CCCN(CCc2ccccc2)C1. The summed E-state index contributed by atoms with van der Waals surface area (Å²) in [5.74, 6) is -0.677. The monoisotopic (exact) mass is 291 g/mol. The van der Waals surface area contributed by atoms with Gasteiger partial charge in [-0.15, -0.1) is 0 Å². The molecule has 1 heterocycles. The molecule has 0 saturated carbocycles. The molecule has 0 spiro atoms. The summed E-state index contributed by atoms with van der Waals surface area (Å²) in [5.41, 5.74) is 0.672. The zero-order valence-corrected chi connectivity index (χ0v) is 12.8. The summed E-state index contributed by atoms with van der Waals surface area (Å²) in [5, 5.41) is 9.64. The van der Waals surface area contributed by atoms with Crippen LogP contribution in [-0.2, 0) is 16.0 Å². The molecule has 0 aliphatic carbocycles. The number of likely N-dealkylation sites (tertiary alicyclic amines) is 1. The number of hydrogen-bond donors (Lipinski definition) is 1. The fourth-order valence-electron chi connectivity index (χ4n) is 3.13. The van der Waals surface area contributed by atoms with Gasteiger partial charge in [-0.3, -0.25) is 4.79 Å². The molecule has 4 nitrogen and oxygen atoms in total. The van der Waals surface area contributed by atoms with Gasteiger partial charge < -0.3 is 14.7 Å². The number of piperidine rings is 1. The number of nitrogens with zero attached hydrogens (tertiary/aromatic N) is 1.